The molecule has 142 valence electrons. The smallest absolute Gasteiger partial charge is 0.164 e. The van der Waals surface area contributed by atoms with Crippen molar-refractivity contribution < 1.29 is 17.5 Å². The van der Waals surface area contributed by atoms with Crippen LogP contribution in [0.2, 0.25) is 0 Å². The van der Waals surface area contributed by atoms with Crippen LogP contribution >= 0.6 is 11.8 Å². The fourth-order valence-corrected chi connectivity index (χ4v) is 6.38. The van der Waals surface area contributed by atoms with Crippen molar-refractivity contribution in [3.8, 4) is 5.75 Å². The molecule has 2 aromatic carbocycles. The molecule has 0 amide bonds. The Morgan fingerprint density at radius 2 is 2.04 bits per heavy atom. The van der Waals surface area contributed by atoms with Crippen LogP contribution in [0.3, 0.4) is 0 Å². The Hall–Kier alpha value is -2.06. The number of nitrogens with zero attached hydrogens (tertiary/aromatic N) is 2. The van der Waals surface area contributed by atoms with Crippen LogP contribution in [0.25, 0.3) is 0 Å². The first-order valence-electron chi connectivity index (χ1n) is 8.54. The van der Waals surface area contributed by atoms with Crippen LogP contribution in [0.4, 0.5) is 10.1 Å². The SMILES string of the molecule is COc1cccc(N2C(SCc3cccc(F)c3)=N[C@H]3CS(=O)(=O)C[C@H]32)c1. The van der Waals surface area contributed by atoms with Gasteiger partial charge in [-0.05, 0) is 29.8 Å². The molecule has 4 rings (SSSR count). The molecule has 0 bridgehead atoms. The largest absolute Gasteiger partial charge is 0.497 e. The maximum absolute atomic E-state index is 13.4. The number of rotatable bonds is 4. The number of methoxy groups -OCH3 is 1. The summed E-state index contributed by atoms with van der Waals surface area (Å²) in [4.78, 5) is 6.68. The van der Waals surface area contributed by atoms with Crippen molar-refractivity contribution in [3.05, 3.63) is 59.9 Å². The molecule has 1 saturated heterocycles. The van der Waals surface area contributed by atoms with Gasteiger partial charge in [0.05, 0.1) is 30.7 Å². The summed E-state index contributed by atoms with van der Waals surface area (Å²) in [6, 6.07) is 13.5. The molecule has 0 aliphatic carbocycles. The lowest BCUT2D eigenvalue weighted by atomic mass is 10.1. The standard InChI is InChI=1S/C19H19FN2O3S2/c1-25-16-7-3-6-15(9-16)22-18-12-27(23,24)11-17(18)21-19(22)26-10-13-4-2-5-14(20)8-13/h2-9,17-18H,10-12H2,1H3/t17-,18+/m0/s1. The van der Waals surface area contributed by atoms with E-state index in [2.05, 4.69) is 4.99 Å². The van der Waals surface area contributed by atoms with Crippen molar-refractivity contribution in [1.82, 2.24) is 0 Å². The molecular weight excluding hydrogens is 387 g/mol. The van der Waals surface area contributed by atoms with Crippen LogP contribution in [0.15, 0.2) is 53.5 Å². The maximum atomic E-state index is 13.4. The van der Waals surface area contributed by atoms with E-state index in [0.717, 1.165) is 16.4 Å². The molecule has 0 spiro atoms. The van der Waals surface area contributed by atoms with Gasteiger partial charge in [0, 0.05) is 17.5 Å². The summed E-state index contributed by atoms with van der Waals surface area (Å²) in [5.41, 5.74) is 1.71. The predicted octanol–water partition coefficient (Wildman–Crippen LogP) is 3.11. The van der Waals surface area contributed by atoms with Gasteiger partial charge in [-0.1, -0.05) is 30.0 Å². The van der Waals surface area contributed by atoms with Gasteiger partial charge in [-0.15, -0.1) is 0 Å². The number of benzene rings is 2. The molecule has 27 heavy (non-hydrogen) atoms. The van der Waals surface area contributed by atoms with Gasteiger partial charge in [0.15, 0.2) is 15.0 Å². The second kappa shape index (κ2) is 7.16. The third kappa shape index (κ3) is 3.82. The predicted molar refractivity (Wildman–Crippen MR) is 107 cm³/mol. The molecule has 2 atom stereocenters. The van der Waals surface area contributed by atoms with E-state index in [1.807, 2.05) is 35.2 Å². The molecule has 8 heteroatoms. The van der Waals surface area contributed by atoms with Crippen molar-refractivity contribution >= 4 is 32.5 Å². The molecule has 5 nitrogen and oxygen atoms in total. The first-order valence-corrected chi connectivity index (χ1v) is 11.3. The monoisotopic (exact) mass is 406 g/mol. The van der Waals surface area contributed by atoms with E-state index in [1.165, 1.54) is 23.9 Å². The number of hydrogen-bond donors (Lipinski definition) is 0. The van der Waals surface area contributed by atoms with Crippen LogP contribution in [0, 0.1) is 5.82 Å². The number of hydrogen-bond acceptors (Lipinski definition) is 6. The van der Waals surface area contributed by atoms with Crippen LogP contribution < -0.4 is 9.64 Å². The first-order chi connectivity index (χ1) is 12.9. The fraction of sp³-hybridized carbons (Fsp3) is 0.316. The summed E-state index contributed by atoms with van der Waals surface area (Å²) in [5, 5.41) is 0.761. The first kappa shape index (κ1) is 18.3. The summed E-state index contributed by atoms with van der Waals surface area (Å²) in [5.74, 6) is 1.15. The number of amidine groups is 1. The third-order valence-electron chi connectivity index (χ3n) is 4.70. The number of fused-ring (bicyclic) bond motifs is 1. The van der Waals surface area contributed by atoms with Gasteiger partial charge in [-0.2, -0.15) is 0 Å². The Kier molecular flexibility index (Phi) is 4.86. The van der Waals surface area contributed by atoms with Crippen molar-refractivity contribution in [3.63, 3.8) is 0 Å². The summed E-state index contributed by atoms with van der Waals surface area (Å²) in [6.07, 6.45) is 0. The lowest BCUT2D eigenvalue weighted by molar-refractivity contribution is 0.415. The van der Waals surface area contributed by atoms with E-state index in [9.17, 15) is 12.8 Å². The minimum Gasteiger partial charge on any atom is -0.497 e. The molecule has 2 aromatic rings. The number of aliphatic imine (C=N–C) groups is 1. The maximum Gasteiger partial charge on any atom is 0.164 e. The van der Waals surface area contributed by atoms with Gasteiger partial charge in [-0.25, -0.2) is 12.8 Å². The van der Waals surface area contributed by atoms with Gasteiger partial charge >= 0.3 is 0 Å². The second-order valence-electron chi connectivity index (χ2n) is 6.61. The zero-order valence-electron chi connectivity index (χ0n) is 14.7. The van der Waals surface area contributed by atoms with Gasteiger partial charge in [-0.3, -0.25) is 4.99 Å². The van der Waals surface area contributed by atoms with Gasteiger partial charge in [0.2, 0.25) is 0 Å². The zero-order valence-corrected chi connectivity index (χ0v) is 16.3. The van der Waals surface area contributed by atoms with Crippen molar-refractivity contribution in [2.45, 2.75) is 17.8 Å². The molecule has 2 heterocycles. The fourth-order valence-electron chi connectivity index (χ4n) is 3.47. The van der Waals surface area contributed by atoms with E-state index in [4.69, 9.17) is 4.74 Å². The van der Waals surface area contributed by atoms with E-state index < -0.39 is 9.84 Å². The van der Waals surface area contributed by atoms with Crippen molar-refractivity contribution in [1.29, 1.82) is 0 Å². The third-order valence-corrected chi connectivity index (χ3v) is 7.43. The summed E-state index contributed by atoms with van der Waals surface area (Å²) >= 11 is 1.49. The Morgan fingerprint density at radius 3 is 2.81 bits per heavy atom. The van der Waals surface area contributed by atoms with Crippen LogP contribution in [-0.4, -0.2) is 44.3 Å². The van der Waals surface area contributed by atoms with E-state index >= 15 is 0 Å². The molecule has 0 N–H and O–H groups in total. The normalized spacial score (nSPS) is 23.2. The average molecular weight is 407 g/mol. The van der Waals surface area contributed by atoms with Crippen LogP contribution in [0.5, 0.6) is 5.75 Å². The zero-order chi connectivity index (χ0) is 19.0. The molecule has 0 saturated carbocycles. The Bertz CT molecular complexity index is 994. The van der Waals surface area contributed by atoms with Crippen LogP contribution in [-0.2, 0) is 15.6 Å². The van der Waals surface area contributed by atoms with E-state index in [0.29, 0.717) is 11.5 Å². The van der Waals surface area contributed by atoms with E-state index in [1.54, 1.807) is 13.2 Å². The highest BCUT2D eigenvalue weighted by Gasteiger charge is 2.47. The highest BCUT2D eigenvalue weighted by atomic mass is 32.2. The van der Waals surface area contributed by atoms with Gasteiger partial charge < -0.3 is 9.64 Å². The number of halogens is 1. The molecule has 2 aliphatic heterocycles. The molecule has 0 aromatic heterocycles. The topological polar surface area (TPSA) is 59.0 Å². The Morgan fingerprint density at radius 1 is 1.22 bits per heavy atom. The van der Waals surface area contributed by atoms with Gasteiger partial charge in [0.1, 0.15) is 11.6 Å². The Labute approximate surface area is 162 Å². The van der Waals surface area contributed by atoms with Crippen LogP contribution in [0.1, 0.15) is 5.56 Å². The molecule has 1 fully saturated rings. The number of ether oxygens (including phenoxy) is 1. The number of thioether (sulfide) groups is 1. The average Bonchev–Trinajstić information content (AvgIpc) is 3.11. The molecule has 0 unspecified atom stereocenters. The quantitative estimate of drug-likeness (QED) is 0.781. The van der Waals surface area contributed by atoms with Crippen molar-refractivity contribution in [2.24, 2.45) is 4.99 Å². The highest BCUT2D eigenvalue weighted by molar-refractivity contribution is 8.13. The number of sulfone groups is 1. The number of anilines is 1. The second-order valence-corrected chi connectivity index (χ2v) is 9.71. The summed E-state index contributed by atoms with van der Waals surface area (Å²) in [7, 11) is -1.50. The Balaban J connectivity index is 1.63. The molecular formula is C19H19FN2O3S2. The van der Waals surface area contributed by atoms with Gasteiger partial charge in [0.25, 0.3) is 0 Å². The summed E-state index contributed by atoms with van der Waals surface area (Å²) in [6.45, 7) is 0. The minimum atomic E-state index is -3.10. The lowest BCUT2D eigenvalue weighted by Crippen LogP contribution is -2.39. The lowest BCUT2D eigenvalue weighted by Gasteiger charge is -2.26. The minimum absolute atomic E-state index is 0.0716. The van der Waals surface area contributed by atoms with Crippen molar-refractivity contribution in [2.75, 3.05) is 23.5 Å². The highest BCUT2D eigenvalue weighted by Crippen LogP contribution is 2.37. The molecule has 2 aliphatic rings. The summed E-state index contributed by atoms with van der Waals surface area (Å²) < 4.78 is 42.9. The van der Waals surface area contributed by atoms with E-state index in [-0.39, 0.29) is 29.4 Å². The molecule has 0 radical (unpaired) electrons.